The average molecular weight is 442 g/mol. The molecule has 0 bridgehead atoms. The summed E-state index contributed by atoms with van der Waals surface area (Å²) in [6, 6.07) is 9.34. The van der Waals surface area contributed by atoms with Crippen molar-refractivity contribution >= 4 is 29.1 Å². The van der Waals surface area contributed by atoms with Gasteiger partial charge in [0, 0.05) is 68.9 Å². The highest BCUT2D eigenvalue weighted by Crippen LogP contribution is 2.25. The van der Waals surface area contributed by atoms with Crippen LogP contribution in [0.5, 0.6) is 0 Å². The Labute approximate surface area is 188 Å². The third-order valence-electron chi connectivity index (χ3n) is 6.06. The molecule has 31 heavy (non-hydrogen) atoms. The summed E-state index contributed by atoms with van der Waals surface area (Å²) in [4.78, 5) is 36.0. The van der Waals surface area contributed by atoms with Crippen LogP contribution in [-0.4, -0.2) is 71.9 Å². The first-order valence-electron chi connectivity index (χ1n) is 10.7. The summed E-state index contributed by atoms with van der Waals surface area (Å²) in [6.07, 6.45) is 3.74. The smallest absolute Gasteiger partial charge is 0.237 e. The van der Waals surface area contributed by atoms with Crippen LogP contribution in [-0.2, 0) is 16.1 Å². The Hall–Kier alpha value is -2.64. The van der Waals surface area contributed by atoms with Crippen molar-refractivity contribution in [1.82, 2.24) is 20.1 Å². The number of carbonyl (C=O) groups excluding carboxylic acids is 2. The van der Waals surface area contributed by atoms with E-state index < -0.39 is 6.04 Å². The molecule has 1 atom stereocenters. The first kappa shape index (κ1) is 21.6. The van der Waals surface area contributed by atoms with Crippen LogP contribution in [0.15, 0.2) is 42.7 Å². The van der Waals surface area contributed by atoms with Crippen molar-refractivity contribution in [3.05, 3.63) is 58.9 Å². The summed E-state index contributed by atoms with van der Waals surface area (Å²) < 4.78 is 0. The van der Waals surface area contributed by atoms with Crippen LogP contribution < -0.4 is 10.2 Å². The van der Waals surface area contributed by atoms with Gasteiger partial charge in [-0.15, -0.1) is 0 Å². The number of piperazine rings is 2. The second-order valence-electron chi connectivity index (χ2n) is 8.14. The molecule has 2 aliphatic heterocycles. The lowest BCUT2D eigenvalue weighted by molar-refractivity contribution is -0.139. The van der Waals surface area contributed by atoms with Gasteiger partial charge in [-0.2, -0.15) is 0 Å². The van der Waals surface area contributed by atoms with Crippen LogP contribution in [0, 0.1) is 6.92 Å². The lowest BCUT2D eigenvalue weighted by Gasteiger charge is -2.39. The van der Waals surface area contributed by atoms with Crippen LogP contribution in [0.4, 0.5) is 5.69 Å². The molecule has 7 nitrogen and oxygen atoms in total. The van der Waals surface area contributed by atoms with Gasteiger partial charge in [-0.25, -0.2) is 0 Å². The van der Waals surface area contributed by atoms with E-state index in [2.05, 4.69) is 27.0 Å². The second kappa shape index (κ2) is 9.66. The number of amides is 2. The molecule has 2 saturated heterocycles. The quantitative estimate of drug-likeness (QED) is 0.769. The third kappa shape index (κ3) is 5.17. The van der Waals surface area contributed by atoms with E-state index in [0.29, 0.717) is 26.2 Å². The number of aryl methyl sites for hydroxylation is 1. The number of aromatic nitrogens is 1. The lowest BCUT2D eigenvalue weighted by Crippen LogP contribution is -2.57. The third-order valence-corrected chi connectivity index (χ3v) is 6.30. The molecule has 164 valence electrons. The largest absolute Gasteiger partial charge is 0.368 e. The van der Waals surface area contributed by atoms with E-state index in [-0.39, 0.29) is 18.2 Å². The second-order valence-corrected chi connectivity index (χ2v) is 8.58. The van der Waals surface area contributed by atoms with Gasteiger partial charge < -0.3 is 15.1 Å². The highest BCUT2D eigenvalue weighted by atomic mass is 35.5. The fraction of sp³-hybridized carbons (Fsp3) is 0.435. The van der Waals surface area contributed by atoms with Crippen molar-refractivity contribution in [2.75, 3.05) is 44.2 Å². The standard InChI is InChI=1S/C23H28ClN5O2/c1-17-4-5-19(24)13-20(17)27-9-11-28(12-10-27)22(30)14-21-23(31)26-7-8-29(21)16-18-3-2-6-25-15-18/h2-6,13,15,21H,7-12,14,16H2,1H3,(H,26,31)/t21-/m1/s1. The van der Waals surface area contributed by atoms with E-state index in [1.54, 1.807) is 6.20 Å². The number of hydrogen-bond donors (Lipinski definition) is 1. The normalized spacial score (nSPS) is 19.9. The fourth-order valence-corrected chi connectivity index (χ4v) is 4.48. The van der Waals surface area contributed by atoms with Crippen LogP contribution >= 0.6 is 11.6 Å². The van der Waals surface area contributed by atoms with Gasteiger partial charge in [0.15, 0.2) is 0 Å². The average Bonchev–Trinajstić information content (AvgIpc) is 2.78. The molecular formula is C23H28ClN5O2. The highest BCUT2D eigenvalue weighted by molar-refractivity contribution is 6.30. The topological polar surface area (TPSA) is 68.8 Å². The summed E-state index contributed by atoms with van der Waals surface area (Å²) >= 11 is 6.17. The number of rotatable bonds is 5. The Kier molecular flexibility index (Phi) is 6.73. The van der Waals surface area contributed by atoms with Crippen LogP contribution in [0.25, 0.3) is 0 Å². The molecule has 1 N–H and O–H groups in total. The first-order chi connectivity index (χ1) is 15.0. The Morgan fingerprint density at radius 3 is 2.74 bits per heavy atom. The van der Waals surface area contributed by atoms with E-state index in [9.17, 15) is 9.59 Å². The van der Waals surface area contributed by atoms with E-state index in [4.69, 9.17) is 11.6 Å². The highest BCUT2D eigenvalue weighted by Gasteiger charge is 2.33. The number of carbonyl (C=O) groups is 2. The maximum atomic E-state index is 13.0. The van der Waals surface area contributed by atoms with Crippen LogP contribution in [0.3, 0.4) is 0 Å². The zero-order chi connectivity index (χ0) is 21.8. The van der Waals surface area contributed by atoms with Gasteiger partial charge in [0.1, 0.15) is 0 Å². The molecule has 0 spiro atoms. The summed E-state index contributed by atoms with van der Waals surface area (Å²) in [7, 11) is 0. The molecule has 0 aliphatic carbocycles. The van der Waals surface area contributed by atoms with Crippen molar-refractivity contribution in [2.45, 2.75) is 25.9 Å². The molecule has 2 fully saturated rings. The SMILES string of the molecule is Cc1ccc(Cl)cc1N1CCN(C(=O)C[C@@H]2C(=O)NCCN2Cc2cccnc2)CC1. The molecule has 2 aliphatic rings. The molecule has 0 saturated carbocycles. The van der Waals surface area contributed by atoms with E-state index in [0.717, 1.165) is 35.9 Å². The molecule has 1 aromatic heterocycles. The predicted molar refractivity (Wildman–Crippen MR) is 121 cm³/mol. The Morgan fingerprint density at radius 2 is 2.00 bits per heavy atom. The fourth-order valence-electron chi connectivity index (χ4n) is 4.31. The Bertz CT molecular complexity index is 931. The van der Waals surface area contributed by atoms with Crippen molar-refractivity contribution in [3.63, 3.8) is 0 Å². The first-order valence-corrected chi connectivity index (χ1v) is 11.1. The summed E-state index contributed by atoms with van der Waals surface area (Å²) in [5, 5.41) is 3.63. The van der Waals surface area contributed by atoms with Crippen molar-refractivity contribution in [2.24, 2.45) is 0 Å². The number of pyridine rings is 1. The number of benzene rings is 1. The molecular weight excluding hydrogens is 414 g/mol. The number of nitrogens with one attached hydrogen (secondary N) is 1. The predicted octanol–water partition coefficient (Wildman–Crippen LogP) is 2.08. The number of hydrogen-bond acceptors (Lipinski definition) is 5. The van der Waals surface area contributed by atoms with E-state index >= 15 is 0 Å². The minimum Gasteiger partial charge on any atom is -0.368 e. The molecule has 3 heterocycles. The minimum atomic E-state index is -0.449. The van der Waals surface area contributed by atoms with Gasteiger partial charge in [0.05, 0.1) is 12.5 Å². The Morgan fingerprint density at radius 1 is 1.19 bits per heavy atom. The van der Waals surface area contributed by atoms with E-state index in [1.165, 1.54) is 5.56 Å². The van der Waals surface area contributed by atoms with Gasteiger partial charge in [0.25, 0.3) is 0 Å². The molecule has 8 heteroatoms. The van der Waals surface area contributed by atoms with E-state index in [1.807, 2.05) is 41.4 Å². The summed E-state index contributed by atoms with van der Waals surface area (Å²) in [6.45, 7) is 6.79. The van der Waals surface area contributed by atoms with Gasteiger partial charge in [-0.05, 0) is 36.2 Å². The monoisotopic (exact) mass is 441 g/mol. The van der Waals surface area contributed by atoms with Gasteiger partial charge in [-0.1, -0.05) is 23.7 Å². The number of anilines is 1. The minimum absolute atomic E-state index is 0.0284. The van der Waals surface area contributed by atoms with Crippen molar-refractivity contribution in [3.8, 4) is 0 Å². The summed E-state index contributed by atoms with van der Waals surface area (Å²) in [5.74, 6) is -0.0441. The van der Waals surface area contributed by atoms with Gasteiger partial charge in [-0.3, -0.25) is 19.5 Å². The van der Waals surface area contributed by atoms with Gasteiger partial charge in [0.2, 0.25) is 11.8 Å². The zero-order valence-corrected chi connectivity index (χ0v) is 18.5. The number of halogens is 1. The van der Waals surface area contributed by atoms with Gasteiger partial charge >= 0.3 is 0 Å². The maximum absolute atomic E-state index is 13.0. The summed E-state index contributed by atoms with van der Waals surface area (Å²) in [5.41, 5.74) is 3.34. The maximum Gasteiger partial charge on any atom is 0.237 e. The molecule has 0 radical (unpaired) electrons. The zero-order valence-electron chi connectivity index (χ0n) is 17.8. The molecule has 1 aromatic carbocycles. The molecule has 2 aromatic rings. The Balaban J connectivity index is 1.37. The van der Waals surface area contributed by atoms with Crippen molar-refractivity contribution < 1.29 is 9.59 Å². The van der Waals surface area contributed by atoms with Crippen LogP contribution in [0.1, 0.15) is 17.5 Å². The number of nitrogens with zero attached hydrogens (tertiary/aromatic N) is 4. The molecule has 4 rings (SSSR count). The van der Waals surface area contributed by atoms with Crippen LogP contribution in [0.2, 0.25) is 5.02 Å². The lowest BCUT2D eigenvalue weighted by atomic mass is 10.1. The molecule has 2 amide bonds. The van der Waals surface area contributed by atoms with Crippen molar-refractivity contribution in [1.29, 1.82) is 0 Å². The molecule has 0 unspecified atom stereocenters.